The van der Waals surface area contributed by atoms with Crippen molar-refractivity contribution in [2.45, 2.75) is 37.3 Å². The summed E-state index contributed by atoms with van der Waals surface area (Å²) >= 11 is 0. The van der Waals surface area contributed by atoms with Gasteiger partial charge in [-0.25, -0.2) is 14.0 Å². The maximum atomic E-state index is 13.9. The summed E-state index contributed by atoms with van der Waals surface area (Å²) in [5.41, 5.74) is 8.69. The van der Waals surface area contributed by atoms with Gasteiger partial charge in [0.1, 0.15) is 11.6 Å². The van der Waals surface area contributed by atoms with E-state index in [0.29, 0.717) is 35.4 Å². The van der Waals surface area contributed by atoms with Crippen molar-refractivity contribution in [1.82, 2.24) is 25.2 Å². The Hall–Kier alpha value is -3.95. The molecule has 2 aromatic carbocycles. The molecule has 6 rings (SSSR count). The van der Waals surface area contributed by atoms with Crippen LogP contribution in [0.2, 0.25) is 0 Å². The third kappa shape index (κ3) is 2.83. The summed E-state index contributed by atoms with van der Waals surface area (Å²) in [5.74, 6) is 0.887. The summed E-state index contributed by atoms with van der Waals surface area (Å²) < 4.78 is 26.4. The number of nitrogen functional groups attached to an aromatic ring is 1. The Labute approximate surface area is 187 Å². The Bertz CT molecular complexity index is 1400. The molecule has 9 nitrogen and oxygen atoms in total. The van der Waals surface area contributed by atoms with Crippen LogP contribution in [-0.2, 0) is 5.54 Å². The number of halogens is 1. The van der Waals surface area contributed by atoms with Crippen molar-refractivity contribution in [3.05, 3.63) is 53.3 Å². The van der Waals surface area contributed by atoms with E-state index in [2.05, 4.69) is 20.6 Å². The van der Waals surface area contributed by atoms with Crippen LogP contribution in [-0.4, -0.2) is 32.9 Å². The number of anilines is 1. The molecule has 1 aliphatic heterocycles. The number of aromatic nitrogens is 4. The zero-order valence-corrected chi connectivity index (χ0v) is 17.8. The number of fused-ring (bicyclic) bond motifs is 3. The fourth-order valence-corrected chi connectivity index (χ4v) is 5.42. The molecule has 1 saturated carbocycles. The fourth-order valence-electron chi connectivity index (χ4n) is 5.42. The molecule has 3 heterocycles. The number of carbonyl (C=O) groups is 1. The average molecular weight is 448 g/mol. The van der Waals surface area contributed by atoms with Crippen molar-refractivity contribution in [3.63, 3.8) is 0 Å². The minimum Gasteiger partial charge on any atom is -0.496 e. The molecule has 0 saturated heterocycles. The number of benzene rings is 2. The van der Waals surface area contributed by atoms with Gasteiger partial charge in [-0.2, -0.15) is 0 Å². The van der Waals surface area contributed by atoms with Crippen LogP contribution in [0.4, 0.5) is 10.2 Å². The first-order valence-electron chi connectivity index (χ1n) is 10.8. The molecule has 0 radical (unpaired) electrons. The number of nitrogens with one attached hydrogen (secondary N) is 1. The van der Waals surface area contributed by atoms with E-state index >= 15 is 0 Å². The SMILES string of the molecule is COc1cccc2c1C1(CCC(n3c(-c4nonc4N)nc4cc(F)ccc43)CC1)NC2=O. The number of hydrogen-bond donors (Lipinski definition) is 2. The average Bonchev–Trinajstić information content (AvgIpc) is 3.48. The molecule has 1 spiro atoms. The Balaban J connectivity index is 1.41. The Morgan fingerprint density at radius 1 is 1.24 bits per heavy atom. The molecule has 2 aromatic heterocycles. The molecule has 1 amide bonds. The van der Waals surface area contributed by atoms with Gasteiger partial charge in [-0.3, -0.25) is 4.79 Å². The topological polar surface area (TPSA) is 121 Å². The van der Waals surface area contributed by atoms with Crippen molar-refractivity contribution >= 4 is 22.8 Å². The second-order valence-electron chi connectivity index (χ2n) is 8.59. The second kappa shape index (κ2) is 7.03. The van der Waals surface area contributed by atoms with Gasteiger partial charge in [0.2, 0.25) is 0 Å². The van der Waals surface area contributed by atoms with E-state index in [-0.39, 0.29) is 23.6 Å². The summed E-state index contributed by atoms with van der Waals surface area (Å²) in [6.45, 7) is 0. The molecule has 0 atom stereocenters. The van der Waals surface area contributed by atoms with Gasteiger partial charge in [0, 0.05) is 23.2 Å². The van der Waals surface area contributed by atoms with Crippen molar-refractivity contribution in [2.75, 3.05) is 12.8 Å². The van der Waals surface area contributed by atoms with Crippen LogP contribution in [0.3, 0.4) is 0 Å². The number of imidazole rings is 1. The summed E-state index contributed by atoms with van der Waals surface area (Å²) in [6, 6.07) is 10.1. The molecular formula is C23H21FN6O3. The van der Waals surface area contributed by atoms with Gasteiger partial charge in [-0.05, 0) is 60.3 Å². The van der Waals surface area contributed by atoms with E-state index in [1.54, 1.807) is 13.2 Å². The maximum Gasteiger partial charge on any atom is 0.252 e. The number of methoxy groups -OCH3 is 1. The van der Waals surface area contributed by atoms with Gasteiger partial charge >= 0.3 is 0 Å². The first kappa shape index (κ1) is 19.7. The van der Waals surface area contributed by atoms with Crippen LogP contribution in [0.1, 0.15) is 47.6 Å². The van der Waals surface area contributed by atoms with Gasteiger partial charge in [-0.1, -0.05) is 6.07 Å². The summed E-state index contributed by atoms with van der Waals surface area (Å²) in [6.07, 6.45) is 2.92. The molecular weight excluding hydrogens is 427 g/mol. The second-order valence-corrected chi connectivity index (χ2v) is 8.59. The maximum absolute atomic E-state index is 13.9. The van der Waals surface area contributed by atoms with Gasteiger partial charge in [0.25, 0.3) is 5.91 Å². The lowest BCUT2D eigenvalue weighted by Gasteiger charge is -2.39. The molecule has 4 aromatic rings. The number of ether oxygens (including phenoxy) is 1. The van der Waals surface area contributed by atoms with Gasteiger partial charge in [0.15, 0.2) is 17.3 Å². The van der Waals surface area contributed by atoms with Gasteiger partial charge in [-0.15, -0.1) is 0 Å². The number of hydrogen-bond acceptors (Lipinski definition) is 7. The van der Waals surface area contributed by atoms with Crippen LogP contribution >= 0.6 is 0 Å². The largest absolute Gasteiger partial charge is 0.496 e. The minimum absolute atomic E-state index is 0.0350. The summed E-state index contributed by atoms with van der Waals surface area (Å²) in [7, 11) is 1.62. The molecule has 0 bridgehead atoms. The number of amides is 1. The monoisotopic (exact) mass is 448 g/mol. The van der Waals surface area contributed by atoms with E-state index in [1.165, 1.54) is 12.1 Å². The van der Waals surface area contributed by atoms with Crippen LogP contribution in [0.15, 0.2) is 41.0 Å². The van der Waals surface area contributed by atoms with Crippen molar-refractivity contribution in [3.8, 4) is 17.3 Å². The van der Waals surface area contributed by atoms with E-state index in [0.717, 1.165) is 29.7 Å². The third-order valence-electron chi connectivity index (χ3n) is 6.87. The standard InChI is InChI=1S/C23H21FN6O3/c1-32-17-4-2-3-14-18(17)23(27-22(14)31)9-7-13(8-10-23)30-16-6-5-12(24)11-15(16)26-21(30)19-20(25)29-33-28-19/h2-6,11,13H,7-10H2,1H3,(H2,25,29)(H,27,31). The zero-order chi connectivity index (χ0) is 22.7. The molecule has 2 aliphatic rings. The quantitative estimate of drug-likeness (QED) is 0.491. The van der Waals surface area contributed by atoms with E-state index in [4.69, 9.17) is 15.1 Å². The Kier molecular flexibility index (Phi) is 4.20. The lowest BCUT2D eigenvalue weighted by Crippen LogP contribution is -2.43. The molecule has 1 fully saturated rings. The van der Waals surface area contributed by atoms with Crippen LogP contribution in [0.5, 0.6) is 5.75 Å². The smallest absolute Gasteiger partial charge is 0.252 e. The molecule has 1 aliphatic carbocycles. The number of carbonyl (C=O) groups excluding carboxylic acids is 1. The van der Waals surface area contributed by atoms with Gasteiger partial charge in [0.05, 0.1) is 23.7 Å². The predicted molar refractivity (Wildman–Crippen MR) is 117 cm³/mol. The minimum atomic E-state index is -0.480. The third-order valence-corrected chi connectivity index (χ3v) is 6.87. The van der Waals surface area contributed by atoms with Crippen molar-refractivity contribution in [2.24, 2.45) is 0 Å². The van der Waals surface area contributed by atoms with Crippen molar-refractivity contribution in [1.29, 1.82) is 0 Å². The predicted octanol–water partition coefficient (Wildman–Crippen LogP) is 3.57. The number of nitrogens with zero attached hydrogens (tertiary/aromatic N) is 4. The first-order chi connectivity index (χ1) is 16.0. The summed E-state index contributed by atoms with van der Waals surface area (Å²) in [4.78, 5) is 17.3. The molecule has 0 unspecified atom stereocenters. The van der Waals surface area contributed by atoms with E-state index in [9.17, 15) is 9.18 Å². The molecule has 3 N–H and O–H groups in total. The highest BCUT2D eigenvalue weighted by atomic mass is 19.1. The number of nitrogens with two attached hydrogens (primary N) is 1. The first-order valence-corrected chi connectivity index (χ1v) is 10.8. The lowest BCUT2D eigenvalue weighted by molar-refractivity contribution is 0.0896. The lowest BCUT2D eigenvalue weighted by atomic mass is 9.75. The summed E-state index contributed by atoms with van der Waals surface area (Å²) in [5, 5.41) is 10.8. The Morgan fingerprint density at radius 2 is 2.06 bits per heavy atom. The highest BCUT2D eigenvalue weighted by molar-refractivity contribution is 6.01. The Morgan fingerprint density at radius 3 is 2.79 bits per heavy atom. The van der Waals surface area contributed by atoms with E-state index < -0.39 is 5.54 Å². The normalized spacial score (nSPS) is 22.0. The number of rotatable bonds is 3. The van der Waals surface area contributed by atoms with E-state index in [1.807, 2.05) is 22.8 Å². The van der Waals surface area contributed by atoms with Gasteiger partial charge < -0.3 is 20.4 Å². The molecule has 168 valence electrons. The molecule has 10 heteroatoms. The zero-order valence-electron chi connectivity index (χ0n) is 17.8. The van der Waals surface area contributed by atoms with Crippen LogP contribution < -0.4 is 15.8 Å². The van der Waals surface area contributed by atoms with Crippen LogP contribution in [0.25, 0.3) is 22.6 Å². The van der Waals surface area contributed by atoms with Crippen LogP contribution in [0, 0.1) is 5.82 Å². The molecule has 33 heavy (non-hydrogen) atoms. The van der Waals surface area contributed by atoms with Crippen molar-refractivity contribution < 1.29 is 18.6 Å². The highest BCUT2D eigenvalue weighted by Gasteiger charge is 2.47. The highest BCUT2D eigenvalue weighted by Crippen LogP contribution is 2.49. The fraction of sp³-hybridized carbons (Fsp3) is 0.304.